The van der Waals surface area contributed by atoms with Crippen molar-refractivity contribution >= 4 is 38.6 Å². The minimum absolute atomic E-state index is 0.125. The Morgan fingerprint density at radius 1 is 0.914 bits per heavy atom. The van der Waals surface area contributed by atoms with Crippen LogP contribution < -0.4 is 0 Å². The van der Waals surface area contributed by atoms with Gasteiger partial charge in [0.15, 0.2) is 0 Å². The van der Waals surface area contributed by atoms with Crippen LogP contribution in [0.4, 0.5) is 0 Å². The lowest BCUT2D eigenvalue weighted by Crippen LogP contribution is -2.38. The van der Waals surface area contributed by atoms with Crippen molar-refractivity contribution in [3.8, 4) is 0 Å². The fourth-order valence-electron chi connectivity index (χ4n) is 4.28. The molecule has 178 valence electrons. The SMILES string of the molecule is Cc1ccc(S(=O)(=O)N2CCN(C(=O)CSc3ccc4ccccc4n3)[C@H]2c2ccccc2)cc1. The van der Waals surface area contributed by atoms with E-state index < -0.39 is 16.2 Å². The number of sulfonamides is 1. The van der Waals surface area contributed by atoms with Crippen LogP contribution >= 0.6 is 11.8 Å². The van der Waals surface area contributed by atoms with E-state index in [1.807, 2.05) is 73.7 Å². The van der Waals surface area contributed by atoms with E-state index in [0.29, 0.717) is 6.54 Å². The molecule has 0 radical (unpaired) electrons. The number of pyridine rings is 1. The summed E-state index contributed by atoms with van der Waals surface area (Å²) in [5.74, 6) is 0.0491. The van der Waals surface area contributed by atoms with Crippen molar-refractivity contribution in [2.75, 3.05) is 18.8 Å². The summed E-state index contributed by atoms with van der Waals surface area (Å²) in [7, 11) is -3.79. The third-order valence-electron chi connectivity index (χ3n) is 6.09. The van der Waals surface area contributed by atoms with Gasteiger partial charge in [0.25, 0.3) is 0 Å². The first-order chi connectivity index (χ1) is 16.9. The van der Waals surface area contributed by atoms with Gasteiger partial charge in [-0.3, -0.25) is 4.79 Å². The van der Waals surface area contributed by atoms with E-state index in [0.717, 1.165) is 27.1 Å². The molecule has 1 aromatic heterocycles. The third kappa shape index (κ3) is 4.82. The number of hydrogen-bond acceptors (Lipinski definition) is 5. The van der Waals surface area contributed by atoms with Crippen molar-refractivity contribution < 1.29 is 13.2 Å². The number of rotatable bonds is 6. The molecule has 0 bridgehead atoms. The molecule has 0 aliphatic carbocycles. The van der Waals surface area contributed by atoms with Gasteiger partial charge in [0.05, 0.1) is 21.2 Å². The highest BCUT2D eigenvalue weighted by molar-refractivity contribution is 7.99. The Labute approximate surface area is 209 Å². The standard InChI is InChI=1S/C27H25N3O3S2/c1-20-11-14-23(15-12-20)35(32,33)30-18-17-29(27(30)22-8-3-2-4-9-22)26(31)19-34-25-16-13-21-7-5-6-10-24(21)28-25/h2-16,27H,17-19H2,1H3/t27-/m1/s1. The topological polar surface area (TPSA) is 70.6 Å². The first kappa shape index (κ1) is 23.5. The Morgan fingerprint density at radius 2 is 1.63 bits per heavy atom. The highest BCUT2D eigenvalue weighted by Gasteiger charge is 2.43. The number of nitrogens with zero attached hydrogens (tertiary/aromatic N) is 3. The summed E-state index contributed by atoms with van der Waals surface area (Å²) in [6.07, 6.45) is -0.694. The lowest BCUT2D eigenvalue weighted by Gasteiger charge is -2.30. The molecule has 3 aromatic carbocycles. The fourth-order valence-corrected chi connectivity index (χ4v) is 6.62. The Morgan fingerprint density at radius 3 is 2.40 bits per heavy atom. The maximum atomic E-state index is 13.6. The Kier molecular flexibility index (Phi) is 6.60. The second-order valence-corrected chi connectivity index (χ2v) is 11.3. The van der Waals surface area contributed by atoms with Gasteiger partial charge in [0.2, 0.25) is 15.9 Å². The van der Waals surface area contributed by atoms with Crippen molar-refractivity contribution in [2.45, 2.75) is 23.0 Å². The Hall–Kier alpha value is -3.20. The van der Waals surface area contributed by atoms with Gasteiger partial charge in [-0.25, -0.2) is 13.4 Å². The van der Waals surface area contributed by atoms with Gasteiger partial charge < -0.3 is 4.90 Å². The van der Waals surface area contributed by atoms with Gasteiger partial charge in [-0.05, 0) is 36.8 Å². The van der Waals surface area contributed by atoms with Crippen LogP contribution in [0.2, 0.25) is 0 Å². The number of amides is 1. The number of carbonyl (C=O) groups excluding carboxylic acids is 1. The average Bonchev–Trinajstić information content (AvgIpc) is 3.34. The van der Waals surface area contributed by atoms with Crippen LogP contribution in [0.3, 0.4) is 0 Å². The number of fused-ring (bicyclic) bond motifs is 1. The van der Waals surface area contributed by atoms with Crippen LogP contribution in [0.25, 0.3) is 10.9 Å². The first-order valence-corrected chi connectivity index (χ1v) is 13.8. The van der Waals surface area contributed by atoms with Crippen molar-refractivity contribution in [1.82, 2.24) is 14.2 Å². The minimum Gasteiger partial charge on any atom is -0.320 e. The summed E-state index contributed by atoms with van der Waals surface area (Å²) in [4.78, 5) is 19.9. The van der Waals surface area contributed by atoms with Crippen LogP contribution in [-0.4, -0.2) is 47.4 Å². The second-order valence-electron chi connectivity index (χ2n) is 8.43. The molecule has 0 spiro atoms. The lowest BCUT2D eigenvalue weighted by molar-refractivity contribution is -0.130. The summed E-state index contributed by atoms with van der Waals surface area (Å²) < 4.78 is 28.6. The van der Waals surface area contributed by atoms with E-state index in [1.54, 1.807) is 29.2 Å². The highest BCUT2D eigenvalue weighted by Crippen LogP contribution is 2.35. The summed E-state index contributed by atoms with van der Waals surface area (Å²) in [5, 5.41) is 1.81. The minimum atomic E-state index is -3.79. The number of para-hydroxylation sites is 1. The zero-order valence-corrected chi connectivity index (χ0v) is 20.9. The quantitative estimate of drug-likeness (QED) is 0.351. The smallest absolute Gasteiger partial charge is 0.245 e. The summed E-state index contributed by atoms with van der Waals surface area (Å²) >= 11 is 1.36. The van der Waals surface area contributed by atoms with Crippen LogP contribution in [0, 0.1) is 6.92 Å². The fraction of sp³-hybridized carbons (Fsp3) is 0.185. The molecule has 8 heteroatoms. The van der Waals surface area contributed by atoms with Gasteiger partial charge in [-0.15, -0.1) is 0 Å². The molecule has 35 heavy (non-hydrogen) atoms. The zero-order valence-electron chi connectivity index (χ0n) is 19.2. The maximum Gasteiger partial charge on any atom is 0.245 e. The third-order valence-corrected chi connectivity index (χ3v) is 8.87. The molecular weight excluding hydrogens is 478 g/mol. The molecule has 1 aliphatic heterocycles. The van der Waals surface area contributed by atoms with Crippen molar-refractivity contribution in [3.05, 3.63) is 102 Å². The largest absolute Gasteiger partial charge is 0.320 e. The molecule has 5 rings (SSSR count). The van der Waals surface area contributed by atoms with Gasteiger partial charge in [-0.1, -0.05) is 84.1 Å². The molecule has 2 heterocycles. The van der Waals surface area contributed by atoms with E-state index in [9.17, 15) is 13.2 Å². The van der Waals surface area contributed by atoms with Crippen LogP contribution in [0.15, 0.2) is 101 Å². The van der Waals surface area contributed by atoms with Crippen molar-refractivity contribution in [2.24, 2.45) is 0 Å². The normalized spacial score (nSPS) is 16.6. The Balaban J connectivity index is 1.40. The number of hydrogen-bond donors (Lipinski definition) is 0. The van der Waals surface area contributed by atoms with Crippen LogP contribution in [-0.2, 0) is 14.8 Å². The van der Waals surface area contributed by atoms with Gasteiger partial charge >= 0.3 is 0 Å². The van der Waals surface area contributed by atoms with Crippen molar-refractivity contribution in [3.63, 3.8) is 0 Å². The molecule has 0 N–H and O–H groups in total. The van der Waals surface area contributed by atoms with E-state index in [-0.39, 0.29) is 23.1 Å². The van der Waals surface area contributed by atoms with Crippen LogP contribution in [0.1, 0.15) is 17.3 Å². The summed E-state index contributed by atoms with van der Waals surface area (Å²) in [6, 6.07) is 27.9. The van der Waals surface area contributed by atoms with Crippen LogP contribution in [0.5, 0.6) is 0 Å². The predicted molar refractivity (Wildman–Crippen MR) is 138 cm³/mol. The number of aryl methyl sites for hydroxylation is 1. The number of thioether (sulfide) groups is 1. The number of carbonyl (C=O) groups is 1. The highest BCUT2D eigenvalue weighted by atomic mass is 32.2. The molecule has 6 nitrogen and oxygen atoms in total. The Bertz CT molecular complexity index is 1460. The lowest BCUT2D eigenvalue weighted by atomic mass is 10.1. The predicted octanol–water partition coefficient (Wildman–Crippen LogP) is 4.87. The summed E-state index contributed by atoms with van der Waals surface area (Å²) in [6.45, 7) is 2.48. The monoisotopic (exact) mass is 503 g/mol. The molecule has 1 fully saturated rings. The molecule has 1 atom stereocenters. The molecule has 1 aliphatic rings. The van der Waals surface area contributed by atoms with Crippen molar-refractivity contribution in [1.29, 1.82) is 0 Å². The van der Waals surface area contributed by atoms with E-state index in [2.05, 4.69) is 4.98 Å². The van der Waals surface area contributed by atoms with Gasteiger partial charge in [0, 0.05) is 18.5 Å². The van der Waals surface area contributed by atoms with Gasteiger partial charge in [0.1, 0.15) is 6.17 Å². The molecular formula is C27H25N3O3S2. The second kappa shape index (κ2) is 9.81. The van der Waals surface area contributed by atoms with E-state index in [1.165, 1.54) is 16.1 Å². The average molecular weight is 504 g/mol. The number of aromatic nitrogens is 1. The molecule has 1 amide bonds. The zero-order chi connectivity index (χ0) is 24.4. The van der Waals surface area contributed by atoms with E-state index in [4.69, 9.17) is 0 Å². The molecule has 0 saturated carbocycles. The molecule has 0 unspecified atom stereocenters. The maximum absolute atomic E-state index is 13.6. The summed E-state index contributed by atoms with van der Waals surface area (Å²) in [5.41, 5.74) is 2.63. The first-order valence-electron chi connectivity index (χ1n) is 11.3. The molecule has 1 saturated heterocycles. The van der Waals surface area contributed by atoms with Gasteiger partial charge in [-0.2, -0.15) is 4.31 Å². The van der Waals surface area contributed by atoms with E-state index >= 15 is 0 Å². The molecule has 4 aromatic rings. The number of benzene rings is 3.